The molecule has 0 atom stereocenters. The maximum Gasteiger partial charge on any atom is 0.224 e. The predicted molar refractivity (Wildman–Crippen MR) is 73.1 cm³/mol. The zero-order chi connectivity index (χ0) is 12.4. The minimum atomic E-state index is 0.342. The quantitative estimate of drug-likeness (QED) is 0.769. The van der Waals surface area contributed by atoms with Crippen molar-refractivity contribution < 1.29 is 0 Å². The van der Waals surface area contributed by atoms with E-state index in [2.05, 4.69) is 19.8 Å². The van der Waals surface area contributed by atoms with Crippen LogP contribution in [0.4, 0.5) is 5.82 Å². The zero-order valence-electron chi connectivity index (χ0n) is 10.6. The molecule has 2 aliphatic heterocycles. The number of halogens is 1. The molecule has 1 aromatic heterocycles. The van der Waals surface area contributed by atoms with E-state index in [9.17, 15) is 0 Å². The SMILES string of the molecule is Clc1nccc(N2CCC(N3CCCC3)CC2)n1. The van der Waals surface area contributed by atoms with Gasteiger partial charge in [0.05, 0.1) is 0 Å². The third kappa shape index (κ3) is 2.59. The molecule has 2 fully saturated rings. The van der Waals surface area contributed by atoms with E-state index >= 15 is 0 Å². The van der Waals surface area contributed by atoms with E-state index < -0.39 is 0 Å². The average Bonchev–Trinajstić information content (AvgIpc) is 2.93. The summed E-state index contributed by atoms with van der Waals surface area (Å²) in [5, 5.41) is 0.342. The minimum Gasteiger partial charge on any atom is -0.356 e. The topological polar surface area (TPSA) is 32.3 Å². The van der Waals surface area contributed by atoms with E-state index in [1.807, 2.05) is 6.07 Å². The first-order valence-electron chi connectivity index (χ1n) is 6.80. The molecule has 18 heavy (non-hydrogen) atoms. The molecule has 0 N–H and O–H groups in total. The number of piperidine rings is 1. The van der Waals surface area contributed by atoms with E-state index in [0.29, 0.717) is 5.28 Å². The van der Waals surface area contributed by atoms with Crippen molar-refractivity contribution in [3.05, 3.63) is 17.5 Å². The highest BCUT2D eigenvalue weighted by Gasteiger charge is 2.26. The van der Waals surface area contributed by atoms with Crippen LogP contribution in [0.2, 0.25) is 5.28 Å². The first-order valence-corrected chi connectivity index (χ1v) is 7.18. The Kier molecular flexibility index (Phi) is 3.66. The molecular weight excluding hydrogens is 248 g/mol. The molecule has 0 bridgehead atoms. The van der Waals surface area contributed by atoms with Gasteiger partial charge in [-0.15, -0.1) is 0 Å². The Morgan fingerprint density at radius 1 is 1.11 bits per heavy atom. The number of likely N-dealkylation sites (tertiary alicyclic amines) is 1. The van der Waals surface area contributed by atoms with Crippen LogP contribution >= 0.6 is 11.6 Å². The third-order valence-corrected chi connectivity index (χ3v) is 4.24. The average molecular weight is 267 g/mol. The van der Waals surface area contributed by atoms with Crippen LogP contribution in [0, 0.1) is 0 Å². The zero-order valence-corrected chi connectivity index (χ0v) is 11.3. The van der Waals surface area contributed by atoms with Crippen LogP contribution in [0.3, 0.4) is 0 Å². The van der Waals surface area contributed by atoms with Crippen molar-refractivity contribution in [1.82, 2.24) is 14.9 Å². The second-order valence-corrected chi connectivity index (χ2v) is 5.48. The molecule has 5 heteroatoms. The van der Waals surface area contributed by atoms with E-state index in [-0.39, 0.29) is 0 Å². The van der Waals surface area contributed by atoms with Crippen molar-refractivity contribution in [3.63, 3.8) is 0 Å². The van der Waals surface area contributed by atoms with Gasteiger partial charge < -0.3 is 9.80 Å². The van der Waals surface area contributed by atoms with E-state index in [4.69, 9.17) is 11.6 Å². The van der Waals surface area contributed by atoms with E-state index in [1.54, 1.807) is 6.20 Å². The Morgan fingerprint density at radius 2 is 1.83 bits per heavy atom. The van der Waals surface area contributed by atoms with Gasteiger partial charge in [-0.1, -0.05) is 0 Å². The van der Waals surface area contributed by atoms with Crippen LogP contribution in [-0.2, 0) is 0 Å². The maximum atomic E-state index is 5.84. The number of hydrogen-bond donors (Lipinski definition) is 0. The summed E-state index contributed by atoms with van der Waals surface area (Å²) in [4.78, 5) is 13.2. The van der Waals surface area contributed by atoms with Gasteiger partial charge in [0.15, 0.2) is 0 Å². The van der Waals surface area contributed by atoms with Gasteiger partial charge in [0.1, 0.15) is 5.82 Å². The second-order valence-electron chi connectivity index (χ2n) is 5.15. The lowest BCUT2D eigenvalue weighted by atomic mass is 10.0. The number of aromatic nitrogens is 2. The summed E-state index contributed by atoms with van der Waals surface area (Å²) in [5.41, 5.74) is 0. The molecule has 98 valence electrons. The van der Waals surface area contributed by atoms with Crippen molar-refractivity contribution in [2.24, 2.45) is 0 Å². The van der Waals surface area contributed by atoms with Crippen molar-refractivity contribution in [2.45, 2.75) is 31.7 Å². The highest BCUT2D eigenvalue weighted by molar-refractivity contribution is 6.28. The van der Waals surface area contributed by atoms with Crippen molar-refractivity contribution in [1.29, 1.82) is 0 Å². The number of rotatable bonds is 2. The summed E-state index contributed by atoms with van der Waals surface area (Å²) >= 11 is 5.84. The van der Waals surface area contributed by atoms with Gasteiger partial charge in [0, 0.05) is 25.3 Å². The monoisotopic (exact) mass is 266 g/mol. The van der Waals surface area contributed by atoms with Crippen LogP contribution in [0.15, 0.2) is 12.3 Å². The Morgan fingerprint density at radius 3 is 2.50 bits per heavy atom. The molecule has 2 aliphatic rings. The van der Waals surface area contributed by atoms with Gasteiger partial charge in [0.2, 0.25) is 5.28 Å². The molecule has 3 rings (SSSR count). The van der Waals surface area contributed by atoms with Crippen LogP contribution in [0.25, 0.3) is 0 Å². The summed E-state index contributed by atoms with van der Waals surface area (Å²) in [7, 11) is 0. The Labute approximate surface area is 113 Å². The molecule has 0 saturated carbocycles. The van der Waals surface area contributed by atoms with Crippen LogP contribution in [0.5, 0.6) is 0 Å². The molecule has 0 radical (unpaired) electrons. The number of hydrogen-bond acceptors (Lipinski definition) is 4. The summed E-state index contributed by atoms with van der Waals surface area (Å²) < 4.78 is 0. The van der Waals surface area contributed by atoms with E-state index in [0.717, 1.165) is 24.9 Å². The van der Waals surface area contributed by atoms with Crippen LogP contribution in [-0.4, -0.2) is 47.1 Å². The molecule has 0 unspecified atom stereocenters. The molecule has 0 aliphatic carbocycles. The number of anilines is 1. The van der Waals surface area contributed by atoms with Gasteiger partial charge in [-0.25, -0.2) is 9.97 Å². The van der Waals surface area contributed by atoms with Gasteiger partial charge >= 0.3 is 0 Å². The second kappa shape index (κ2) is 5.41. The minimum absolute atomic E-state index is 0.342. The summed E-state index contributed by atoms with van der Waals surface area (Å²) in [6, 6.07) is 2.73. The Balaban J connectivity index is 1.59. The van der Waals surface area contributed by atoms with Gasteiger partial charge in [-0.3, -0.25) is 0 Å². The van der Waals surface area contributed by atoms with Crippen LogP contribution in [0.1, 0.15) is 25.7 Å². The smallest absolute Gasteiger partial charge is 0.224 e. The Bertz CT molecular complexity index is 398. The molecule has 0 aromatic carbocycles. The molecular formula is C13H19ClN4. The van der Waals surface area contributed by atoms with Gasteiger partial charge in [0.25, 0.3) is 0 Å². The molecule has 4 nitrogen and oxygen atoms in total. The highest BCUT2D eigenvalue weighted by atomic mass is 35.5. The standard InChI is InChI=1S/C13H19ClN4/c14-13-15-6-3-12(16-13)18-9-4-11(5-10-18)17-7-1-2-8-17/h3,6,11H,1-2,4-5,7-10H2. The van der Waals surface area contributed by atoms with E-state index in [1.165, 1.54) is 38.8 Å². The molecule has 2 saturated heterocycles. The van der Waals surface area contributed by atoms with Gasteiger partial charge in [-0.05, 0) is 56.4 Å². The fourth-order valence-electron chi connectivity index (χ4n) is 3.07. The lowest BCUT2D eigenvalue weighted by Gasteiger charge is -2.37. The third-order valence-electron chi connectivity index (χ3n) is 4.06. The normalized spacial score (nSPS) is 22.6. The molecule has 0 spiro atoms. The highest BCUT2D eigenvalue weighted by Crippen LogP contribution is 2.24. The fourth-order valence-corrected chi connectivity index (χ4v) is 3.21. The lowest BCUT2D eigenvalue weighted by Crippen LogP contribution is -2.44. The predicted octanol–water partition coefficient (Wildman–Crippen LogP) is 2.19. The van der Waals surface area contributed by atoms with Crippen molar-refractivity contribution >= 4 is 17.4 Å². The molecule has 3 heterocycles. The van der Waals surface area contributed by atoms with Crippen molar-refractivity contribution in [3.8, 4) is 0 Å². The summed E-state index contributed by atoms with van der Waals surface area (Å²) in [6.07, 6.45) is 6.96. The Hall–Kier alpha value is -0.870. The molecule has 1 aromatic rings. The van der Waals surface area contributed by atoms with Crippen molar-refractivity contribution in [2.75, 3.05) is 31.1 Å². The first kappa shape index (κ1) is 12.2. The molecule has 0 amide bonds. The first-order chi connectivity index (χ1) is 8.83. The summed E-state index contributed by atoms with van der Waals surface area (Å²) in [5.74, 6) is 0.967. The summed E-state index contributed by atoms with van der Waals surface area (Å²) in [6.45, 7) is 4.75. The fraction of sp³-hybridized carbons (Fsp3) is 0.692. The lowest BCUT2D eigenvalue weighted by molar-refractivity contribution is 0.207. The maximum absolute atomic E-state index is 5.84. The van der Waals surface area contributed by atoms with Crippen LogP contribution < -0.4 is 4.90 Å². The largest absolute Gasteiger partial charge is 0.356 e. The van der Waals surface area contributed by atoms with Gasteiger partial charge in [-0.2, -0.15) is 0 Å². The number of nitrogens with zero attached hydrogens (tertiary/aromatic N) is 4.